The summed E-state index contributed by atoms with van der Waals surface area (Å²) in [5, 5.41) is 13.2. The Morgan fingerprint density at radius 2 is 2.26 bits per heavy atom. The number of likely N-dealkylation sites (N-methyl/N-ethyl adjacent to an activating group) is 1. The summed E-state index contributed by atoms with van der Waals surface area (Å²) < 4.78 is 5.23. The van der Waals surface area contributed by atoms with Gasteiger partial charge in [0.05, 0.1) is 22.7 Å². The lowest BCUT2D eigenvalue weighted by Gasteiger charge is -2.35. The monoisotopic (exact) mass is 284 g/mol. The SMILES string of the molecule is Cc1nc(CC(=O)N(C)CC2(O)CCOCC2)cs1. The molecule has 19 heavy (non-hydrogen) atoms. The lowest BCUT2D eigenvalue weighted by atomic mass is 9.94. The molecule has 106 valence electrons. The van der Waals surface area contributed by atoms with E-state index in [-0.39, 0.29) is 5.91 Å². The van der Waals surface area contributed by atoms with Gasteiger partial charge < -0.3 is 14.7 Å². The number of hydrogen-bond acceptors (Lipinski definition) is 5. The molecule has 0 atom stereocenters. The van der Waals surface area contributed by atoms with Gasteiger partial charge >= 0.3 is 0 Å². The van der Waals surface area contributed by atoms with E-state index >= 15 is 0 Å². The summed E-state index contributed by atoms with van der Waals surface area (Å²) in [6.45, 7) is 3.40. The van der Waals surface area contributed by atoms with Gasteiger partial charge in [-0.25, -0.2) is 4.98 Å². The zero-order valence-electron chi connectivity index (χ0n) is 11.4. The predicted octanol–water partition coefficient (Wildman–Crippen LogP) is 0.994. The van der Waals surface area contributed by atoms with Crippen molar-refractivity contribution in [3.8, 4) is 0 Å². The number of amides is 1. The minimum atomic E-state index is -0.805. The maximum atomic E-state index is 12.1. The maximum absolute atomic E-state index is 12.1. The van der Waals surface area contributed by atoms with Crippen molar-refractivity contribution in [1.82, 2.24) is 9.88 Å². The number of aryl methyl sites for hydroxylation is 1. The van der Waals surface area contributed by atoms with Gasteiger partial charge in [0.2, 0.25) is 5.91 Å². The fraction of sp³-hybridized carbons (Fsp3) is 0.692. The molecule has 0 aliphatic carbocycles. The molecule has 1 saturated heterocycles. The van der Waals surface area contributed by atoms with Crippen LogP contribution in [0.4, 0.5) is 0 Å². The van der Waals surface area contributed by atoms with Crippen LogP contribution in [0.5, 0.6) is 0 Å². The van der Waals surface area contributed by atoms with Crippen LogP contribution in [0.2, 0.25) is 0 Å². The average molecular weight is 284 g/mol. The second-order valence-corrected chi connectivity index (χ2v) is 6.18. The first-order valence-electron chi connectivity index (χ1n) is 6.44. The van der Waals surface area contributed by atoms with Gasteiger partial charge in [0.1, 0.15) is 0 Å². The minimum Gasteiger partial charge on any atom is -0.388 e. The number of nitrogens with zero attached hydrogens (tertiary/aromatic N) is 2. The zero-order valence-corrected chi connectivity index (χ0v) is 12.2. The van der Waals surface area contributed by atoms with Crippen LogP contribution in [0.1, 0.15) is 23.5 Å². The number of thiazole rings is 1. The fourth-order valence-corrected chi connectivity index (χ4v) is 2.83. The zero-order chi connectivity index (χ0) is 13.9. The molecule has 1 aliphatic rings. The van der Waals surface area contributed by atoms with E-state index in [1.807, 2.05) is 12.3 Å². The van der Waals surface area contributed by atoms with Crippen LogP contribution < -0.4 is 0 Å². The van der Waals surface area contributed by atoms with Crippen LogP contribution in [-0.2, 0) is 16.0 Å². The van der Waals surface area contributed by atoms with E-state index in [0.717, 1.165) is 10.7 Å². The van der Waals surface area contributed by atoms with E-state index in [4.69, 9.17) is 4.74 Å². The molecular weight excluding hydrogens is 264 g/mol. The van der Waals surface area contributed by atoms with Crippen LogP contribution in [0.3, 0.4) is 0 Å². The minimum absolute atomic E-state index is 0.00906. The van der Waals surface area contributed by atoms with Crippen molar-refractivity contribution in [2.45, 2.75) is 31.8 Å². The summed E-state index contributed by atoms with van der Waals surface area (Å²) in [6, 6.07) is 0. The van der Waals surface area contributed by atoms with Gasteiger partial charge in [0, 0.05) is 45.0 Å². The van der Waals surface area contributed by atoms with Gasteiger partial charge in [-0.2, -0.15) is 0 Å². The number of rotatable bonds is 4. The summed E-state index contributed by atoms with van der Waals surface area (Å²) in [6.07, 6.45) is 1.47. The molecule has 1 aliphatic heterocycles. The van der Waals surface area contributed by atoms with E-state index in [1.54, 1.807) is 23.3 Å². The van der Waals surface area contributed by atoms with Crippen LogP contribution >= 0.6 is 11.3 Å². The molecule has 6 heteroatoms. The molecule has 0 saturated carbocycles. The Bertz CT molecular complexity index is 441. The number of aliphatic hydroxyl groups is 1. The quantitative estimate of drug-likeness (QED) is 0.896. The first kappa shape index (κ1) is 14.4. The maximum Gasteiger partial charge on any atom is 0.228 e. The third kappa shape index (κ3) is 3.99. The van der Waals surface area contributed by atoms with E-state index < -0.39 is 5.60 Å². The lowest BCUT2D eigenvalue weighted by molar-refractivity contribution is -0.136. The van der Waals surface area contributed by atoms with Crippen LogP contribution in [0.15, 0.2) is 5.38 Å². The molecule has 0 radical (unpaired) electrons. The molecule has 0 spiro atoms. The summed E-state index contributed by atoms with van der Waals surface area (Å²) in [5.41, 5.74) is -0.000912. The highest BCUT2D eigenvalue weighted by atomic mass is 32.1. The Balaban J connectivity index is 1.88. The van der Waals surface area contributed by atoms with Gasteiger partial charge in [-0.15, -0.1) is 11.3 Å². The summed E-state index contributed by atoms with van der Waals surface area (Å²) in [5.74, 6) is -0.00906. The van der Waals surface area contributed by atoms with Crippen molar-refractivity contribution >= 4 is 17.2 Å². The Kier molecular flexibility index (Phi) is 4.54. The van der Waals surface area contributed by atoms with Crippen molar-refractivity contribution < 1.29 is 14.6 Å². The van der Waals surface area contributed by atoms with Crippen LogP contribution in [0, 0.1) is 6.92 Å². The molecule has 5 nitrogen and oxygen atoms in total. The van der Waals surface area contributed by atoms with Gasteiger partial charge in [-0.3, -0.25) is 4.79 Å². The molecule has 1 amide bonds. The lowest BCUT2D eigenvalue weighted by Crippen LogP contribution is -2.47. The molecule has 2 rings (SSSR count). The highest BCUT2D eigenvalue weighted by molar-refractivity contribution is 7.09. The third-order valence-electron chi connectivity index (χ3n) is 3.38. The standard InChI is InChI=1S/C13H20N2O3S/c1-10-14-11(8-19-10)7-12(16)15(2)9-13(17)3-5-18-6-4-13/h8,17H,3-7,9H2,1-2H3. The smallest absolute Gasteiger partial charge is 0.228 e. The highest BCUT2D eigenvalue weighted by Gasteiger charge is 2.32. The molecule has 2 heterocycles. The number of aromatic nitrogens is 1. The van der Waals surface area contributed by atoms with Gasteiger partial charge in [0.15, 0.2) is 0 Å². The van der Waals surface area contributed by atoms with Crippen molar-refractivity contribution in [2.75, 3.05) is 26.8 Å². The Labute approximate surface area is 117 Å². The number of carbonyl (C=O) groups is 1. The summed E-state index contributed by atoms with van der Waals surface area (Å²) in [4.78, 5) is 18.0. The normalized spacial score (nSPS) is 18.3. The molecule has 0 aromatic carbocycles. The molecule has 0 unspecified atom stereocenters. The third-order valence-corrected chi connectivity index (χ3v) is 4.20. The second-order valence-electron chi connectivity index (χ2n) is 5.12. The van der Waals surface area contributed by atoms with Crippen LogP contribution in [-0.4, -0.2) is 53.3 Å². The first-order chi connectivity index (χ1) is 8.98. The molecule has 1 fully saturated rings. The Morgan fingerprint density at radius 3 is 2.84 bits per heavy atom. The van der Waals surface area contributed by atoms with Crippen molar-refractivity contribution in [3.63, 3.8) is 0 Å². The second kappa shape index (κ2) is 5.98. The molecule has 1 N–H and O–H groups in total. The molecular formula is C13H20N2O3S. The summed E-state index contributed by atoms with van der Waals surface area (Å²) in [7, 11) is 1.73. The topological polar surface area (TPSA) is 62.7 Å². The van der Waals surface area contributed by atoms with Gasteiger partial charge in [-0.05, 0) is 6.92 Å². The van der Waals surface area contributed by atoms with Gasteiger partial charge in [0.25, 0.3) is 0 Å². The van der Waals surface area contributed by atoms with Crippen LogP contribution in [0.25, 0.3) is 0 Å². The van der Waals surface area contributed by atoms with E-state index in [2.05, 4.69) is 4.98 Å². The van der Waals surface area contributed by atoms with Crippen molar-refractivity contribution in [1.29, 1.82) is 0 Å². The number of ether oxygens (including phenoxy) is 1. The van der Waals surface area contributed by atoms with E-state index in [1.165, 1.54) is 0 Å². The average Bonchev–Trinajstić information content (AvgIpc) is 2.75. The molecule has 0 bridgehead atoms. The number of hydrogen-bond donors (Lipinski definition) is 1. The number of carbonyl (C=O) groups excluding carboxylic acids is 1. The predicted molar refractivity (Wildman–Crippen MR) is 73.2 cm³/mol. The van der Waals surface area contributed by atoms with Gasteiger partial charge in [-0.1, -0.05) is 0 Å². The fourth-order valence-electron chi connectivity index (χ4n) is 2.22. The molecule has 1 aromatic rings. The van der Waals surface area contributed by atoms with Crippen molar-refractivity contribution in [2.24, 2.45) is 0 Å². The Hall–Kier alpha value is -0.980. The van der Waals surface area contributed by atoms with E-state index in [9.17, 15) is 9.90 Å². The molecule has 1 aromatic heterocycles. The Morgan fingerprint density at radius 1 is 1.58 bits per heavy atom. The highest BCUT2D eigenvalue weighted by Crippen LogP contribution is 2.21. The van der Waals surface area contributed by atoms with E-state index in [0.29, 0.717) is 39.0 Å². The summed E-state index contributed by atoms with van der Waals surface area (Å²) >= 11 is 1.55. The van der Waals surface area contributed by atoms with Crippen molar-refractivity contribution in [3.05, 3.63) is 16.1 Å². The first-order valence-corrected chi connectivity index (χ1v) is 7.32. The largest absolute Gasteiger partial charge is 0.388 e.